The number of ether oxygens (including phenoxy) is 2. The van der Waals surface area contributed by atoms with E-state index in [1.165, 1.54) is 16.9 Å². The molecule has 4 aromatic carbocycles. The molecule has 180 valence electrons. The monoisotopic (exact) mass is 481 g/mol. The van der Waals surface area contributed by atoms with E-state index in [4.69, 9.17) is 9.47 Å². The summed E-state index contributed by atoms with van der Waals surface area (Å²) in [5.74, 6) is 0.587. The Morgan fingerprint density at radius 2 is 1.31 bits per heavy atom. The summed E-state index contributed by atoms with van der Waals surface area (Å²) in [7, 11) is 0. The van der Waals surface area contributed by atoms with E-state index in [-0.39, 0.29) is 22.8 Å². The van der Waals surface area contributed by atoms with Crippen LogP contribution in [0.5, 0.6) is 23.0 Å². The highest BCUT2D eigenvalue weighted by molar-refractivity contribution is 6.10. The number of benzene rings is 4. The lowest BCUT2D eigenvalue weighted by atomic mass is 10.0. The van der Waals surface area contributed by atoms with E-state index in [1.54, 1.807) is 48.5 Å². The Hall–Kier alpha value is -4.85. The van der Waals surface area contributed by atoms with E-state index in [1.807, 2.05) is 30.3 Å². The van der Waals surface area contributed by atoms with Gasteiger partial charge in [-0.2, -0.15) is 0 Å². The molecule has 0 fully saturated rings. The minimum Gasteiger partial charge on any atom is -0.507 e. The number of carbonyl (C=O) groups excluding carboxylic acids is 1. The zero-order chi connectivity index (χ0) is 24.9. The Labute approximate surface area is 207 Å². The molecule has 8 heteroatoms. The molecular weight excluding hydrogens is 458 g/mol. The predicted octanol–water partition coefficient (Wildman–Crippen LogP) is 4.91. The van der Waals surface area contributed by atoms with E-state index >= 15 is 0 Å². The number of hydrogen-bond acceptors (Lipinski definition) is 7. The Kier molecular flexibility index (Phi) is 6.48. The first-order chi connectivity index (χ1) is 17.6. The van der Waals surface area contributed by atoms with Crippen LogP contribution in [0.3, 0.4) is 0 Å². The second-order valence-corrected chi connectivity index (χ2v) is 8.05. The number of carbonyl (C=O) groups is 1. The van der Waals surface area contributed by atoms with E-state index in [9.17, 15) is 15.0 Å². The van der Waals surface area contributed by atoms with Crippen LogP contribution in [0.4, 0.5) is 0 Å². The SMILES string of the molecule is O=C(c1ccccc1)c1ccc(OCCCOc2ccc(-n3nc4ccccc4n3)c(O)c2)cc1O. The van der Waals surface area contributed by atoms with E-state index in [2.05, 4.69) is 10.2 Å². The third kappa shape index (κ3) is 4.97. The van der Waals surface area contributed by atoms with Crippen molar-refractivity contribution in [1.82, 2.24) is 15.0 Å². The summed E-state index contributed by atoms with van der Waals surface area (Å²) in [5.41, 5.74) is 2.66. The van der Waals surface area contributed by atoms with E-state index in [0.29, 0.717) is 42.4 Å². The van der Waals surface area contributed by atoms with Crippen LogP contribution in [-0.2, 0) is 0 Å². The summed E-state index contributed by atoms with van der Waals surface area (Å²) in [5, 5.41) is 29.5. The molecule has 1 aromatic heterocycles. The molecule has 36 heavy (non-hydrogen) atoms. The molecule has 0 atom stereocenters. The molecule has 0 aliphatic rings. The predicted molar refractivity (Wildman–Crippen MR) is 134 cm³/mol. The van der Waals surface area contributed by atoms with Crippen molar-refractivity contribution in [1.29, 1.82) is 0 Å². The second kappa shape index (κ2) is 10.2. The van der Waals surface area contributed by atoms with Crippen LogP contribution >= 0.6 is 0 Å². The summed E-state index contributed by atoms with van der Waals surface area (Å²) in [6.45, 7) is 0.707. The highest BCUT2D eigenvalue weighted by Crippen LogP contribution is 2.28. The highest BCUT2D eigenvalue weighted by atomic mass is 16.5. The third-order valence-electron chi connectivity index (χ3n) is 5.52. The first-order valence-corrected chi connectivity index (χ1v) is 11.4. The number of fused-ring (bicyclic) bond motifs is 1. The summed E-state index contributed by atoms with van der Waals surface area (Å²) >= 11 is 0. The first kappa shape index (κ1) is 22.9. The molecule has 5 aromatic rings. The van der Waals surface area contributed by atoms with Crippen LogP contribution in [0.2, 0.25) is 0 Å². The summed E-state index contributed by atoms with van der Waals surface area (Å²) in [6.07, 6.45) is 0.570. The maximum Gasteiger partial charge on any atom is 0.196 e. The fourth-order valence-electron chi connectivity index (χ4n) is 3.71. The maximum absolute atomic E-state index is 12.5. The highest BCUT2D eigenvalue weighted by Gasteiger charge is 2.14. The normalized spacial score (nSPS) is 10.9. The number of aromatic hydroxyl groups is 2. The van der Waals surface area contributed by atoms with Crippen LogP contribution in [0, 0.1) is 0 Å². The summed E-state index contributed by atoms with van der Waals surface area (Å²) in [6, 6.07) is 25.9. The molecule has 0 aliphatic carbocycles. The molecule has 0 aliphatic heterocycles. The number of phenolic OH excluding ortho intramolecular Hbond substituents is 2. The number of phenols is 2. The Morgan fingerprint density at radius 1 is 0.722 bits per heavy atom. The van der Waals surface area contributed by atoms with Gasteiger partial charge in [0.1, 0.15) is 39.7 Å². The van der Waals surface area contributed by atoms with Gasteiger partial charge in [0.2, 0.25) is 0 Å². The molecule has 0 radical (unpaired) electrons. The third-order valence-corrected chi connectivity index (χ3v) is 5.52. The quantitative estimate of drug-likeness (QED) is 0.228. The zero-order valence-electron chi connectivity index (χ0n) is 19.2. The van der Waals surface area contributed by atoms with Gasteiger partial charge in [0.25, 0.3) is 0 Å². The minimum absolute atomic E-state index is 0.00432. The maximum atomic E-state index is 12.5. The molecule has 5 rings (SSSR count). The lowest BCUT2D eigenvalue weighted by Crippen LogP contribution is -2.06. The number of ketones is 1. The van der Waals surface area contributed by atoms with Crippen molar-refractivity contribution in [3.8, 4) is 28.7 Å². The molecule has 0 saturated heterocycles. The minimum atomic E-state index is -0.251. The fourth-order valence-corrected chi connectivity index (χ4v) is 3.71. The number of rotatable bonds is 9. The van der Waals surface area contributed by atoms with E-state index in [0.717, 1.165) is 11.0 Å². The van der Waals surface area contributed by atoms with Crippen molar-refractivity contribution in [3.05, 3.63) is 102 Å². The van der Waals surface area contributed by atoms with Crippen molar-refractivity contribution in [2.45, 2.75) is 6.42 Å². The lowest BCUT2D eigenvalue weighted by Gasteiger charge is -2.11. The van der Waals surface area contributed by atoms with E-state index < -0.39 is 0 Å². The van der Waals surface area contributed by atoms with Crippen molar-refractivity contribution in [2.24, 2.45) is 0 Å². The molecule has 0 bridgehead atoms. The molecule has 8 nitrogen and oxygen atoms in total. The summed E-state index contributed by atoms with van der Waals surface area (Å²) in [4.78, 5) is 13.9. The Balaban J connectivity index is 1.12. The fraction of sp³-hybridized carbons (Fsp3) is 0.107. The average Bonchev–Trinajstić information content (AvgIpc) is 3.33. The van der Waals surface area contributed by atoms with Gasteiger partial charge < -0.3 is 19.7 Å². The van der Waals surface area contributed by atoms with Gasteiger partial charge in [-0.3, -0.25) is 4.79 Å². The van der Waals surface area contributed by atoms with Gasteiger partial charge in [0, 0.05) is 24.1 Å². The molecular formula is C28H23N3O5. The summed E-state index contributed by atoms with van der Waals surface area (Å²) < 4.78 is 11.4. The van der Waals surface area contributed by atoms with Gasteiger partial charge in [-0.1, -0.05) is 42.5 Å². The largest absolute Gasteiger partial charge is 0.507 e. The molecule has 1 heterocycles. The van der Waals surface area contributed by atoms with Crippen molar-refractivity contribution in [2.75, 3.05) is 13.2 Å². The zero-order valence-corrected chi connectivity index (χ0v) is 19.2. The average molecular weight is 482 g/mol. The smallest absolute Gasteiger partial charge is 0.196 e. The van der Waals surface area contributed by atoms with Crippen molar-refractivity contribution < 1.29 is 24.5 Å². The number of nitrogens with zero attached hydrogens (tertiary/aromatic N) is 3. The van der Waals surface area contributed by atoms with Gasteiger partial charge in [-0.15, -0.1) is 15.0 Å². The lowest BCUT2D eigenvalue weighted by molar-refractivity contribution is 0.103. The van der Waals surface area contributed by atoms with Gasteiger partial charge in [0.05, 0.1) is 18.8 Å². The standard InChI is InChI=1S/C28H23N3O5/c32-26-17-20(11-13-22(26)28(34)19-7-2-1-3-8-19)35-15-6-16-36-21-12-14-25(27(33)18-21)31-29-23-9-4-5-10-24(23)30-31/h1-5,7-14,17-18,32-33H,6,15-16H2. The number of hydrogen-bond donors (Lipinski definition) is 2. The van der Waals surface area contributed by atoms with Crippen LogP contribution in [0.1, 0.15) is 22.3 Å². The van der Waals surface area contributed by atoms with Crippen molar-refractivity contribution >= 4 is 16.8 Å². The molecule has 2 N–H and O–H groups in total. The van der Waals surface area contributed by atoms with Gasteiger partial charge in [-0.05, 0) is 36.4 Å². The second-order valence-electron chi connectivity index (χ2n) is 8.05. The number of aromatic nitrogens is 3. The van der Waals surface area contributed by atoms with Crippen molar-refractivity contribution in [3.63, 3.8) is 0 Å². The molecule has 0 amide bonds. The van der Waals surface area contributed by atoms with Crippen LogP contribution in [0.25, 0.3) is 16.7 Å². The molecule has 0 saturated carbocycles. The Morgan fingerprint density at radius 3 is 1.92 bits per heavy atom. The van der Waals surface area contributed by atoms with Gasteiger partial charge in [0.15, 0.2) is 5.78 Å². The van der Waals surface area contributed by atoms with Gasteiger partial charge in [-0.25, -0.2) is 0 Å². The van der Waals surface area contributed by atoms with Crippen LogP contribution < -0.4 is 9.47 Å². The Bertz CT molecular complexity index is 1480. The molecule has 0 spiro atoms. The van der Waals surface area contributed by atoms with Crippen LogP contribution in [0.15, 0.2) is 91.0 Å². The first-order valence-electron chi connectivity index (χ1n) is 11.4. The van der Waals surface area contributed by atoms with Crippen LogP contribution in [-0.4, -0.2) is 44.2 Å². The van der Waals surface area contributed by atoms with Gasteiger partial charge >= 0.3 is 0 Å². The molecule has 0 unspecified atom stereocenters. The topological polar surface area (TPSA) is 107 Å².